The number of hydrogen-bond acceptors (Lipinski definition) is 3. The Morgan fingerprint density at radius 3 is 2.75 bits per heavy atom. The maximum absolute atomic E-state index is 12.7. The first-order chi connectivity index (χ1) is 11.6. The summed E-state index contributed by atoms with van der Waals surface area (Å²) < 4.78 is 0. The summed E-state index contributed by atoms with van der Waals surface area (Å²) in [7, 11) is 0. The molecule has 0 aliphatic carbocycles. The van der Waals surface area contributed by atoms with E-state index in [1.54, 1.807) is 24.4 Å². The molecule has 1 fully saturated rings. The SMILES string of the molecule is O=C(c1cccc(Cl)c1Cl)N1CCCN(Cc2cccnc2)CC1. The van der Waals surface area contributed by atoms with Crippen molar-refractivity contribution in [3.8, 4) is 0 Å². The predicted molar refractivity (Wildman–Crippen MR) is 96.5 cm³/mol. The van der Waals surface area contributed by atoms with E-state index in [0.717, 1.165) is 32.6 Å². The molecule has 1 saturated heterocycles. The predicted octanol–water partition coefficient (Wildman–Crippen LogP) is 3.74. The lowest BCUT2D eigenvalue weighted by Gasteiger charge is -2.22. The molecule has 2 heterocycles. The zero-order chi connectivity index (χ0) is 16.9. The highest BCUT2D eigenvalue weighted by Crippen LogP contribution is 2.26. The van der Waals surface area contributed by atoms with Crippen LogP contribution < -0.4 is 0 Å². The van der Waals surface area contributed by atoms with Crippen molar-refractivity contribution in [3.05, 3.63) is 63.9 Å². The lowest BCUT2D eigenvalue weighted by molar-refractivity contribution is 0.0761. The quantitative estimate of drug-likeness (QED) is 0.833. The van der Waals surface area contributed by atoms with E-state index in [9.17, 15) is 4.79 Å². The lowest BCUT2D eigenvalue weighted by Crippen LogP contribution is -2.35. The summed E-state index contributed by atoms with van der Waals surface area (Å²) in [6.45, 7) is 4.06. The van der Waals surface area contributed by atoms with Gasteiger partial charge in [-0.3, -0.25) is 14.7 Å². The first kappa shape index (κ1) is 17.2. The minimum atomic E-state index is -0.0503. The van der Waals surface area contributed by atoms with E-state index in [4.69, 9.17) is 23.2 Å². The second-order valence-electron chi connectivity index (χ2n) is 5.88. The van der Waals surface area contributed by atoms with Crippen molar-refractivity contribution in [2.75, 3.05) is 26.2 Å². The van der Waals surface area contributed by atoms with Crippen molar-refractivity contribution in [1.82, 2.24) is 14.8 Å². The third-order valence-electron chi connectivity index (χ3n) is 4.19. The van der Waals surface area contributed by atoms with E-state index < -0.39 is 0 Å². The van der Waals surface area contributed by atoms with Crippen LogP contribution in [-0.4, -0.2) is 46.9 Å². The van der Waals surface area contributed by atoms with Gasteiger partial charge in [0.05, 0.1) is 15.6 Å². The number of nitrogens with zero attached hydrogens (tertiary/aromatic N) is 3. The Bertz CT molecular complexity index is 709. The van der Waals surface area contributed by atoms with Crippen LogP contribution in [0.5, 0.6) is 0 Å². The molecule has 6 heteroatoms. The number of pyridine rings is 1. The molecular formula is C18H19Cl2N3O. The molecule has 0 bridgehead atoms. The molecule has 3 rings (SSSR count). The topological polar surface area (TPSA) is 36.4 Å². The highest BCUT2D eigenvalue weighted by atomic mass is 35.5. The van der Waals surface area contributed by atoms with E-state index in [0.29, 0.717) is 22.2 Å². The van der Waals surface area contributed by atoms with Crippen LogP contribution in [0.25, 0.3) is 0 Å². The van der Waals surface area contributed by atoms with Gasteiger partial charge in [-0.2, -0.15) is 0 Å². The summed E-state index contributed by atoms with van der Waals surface area (Å²) in [5.41, 5.74) is 1.67. The Kier molecular flexibility index (Phi) is 5.72. The third kappa shape index (κ3) is 4.07. The van der Waals surface area contributed by atoms with Crippen LogP contribution >= 0.6 is 23.2 Å². The molecular weight excluding hydrogens is 345 g/mol. The number of aromatic nitrogens is 1. The normalized spacial score (nSPS) is 16.0. The van der Waals surface area contributed by atoms with Crippen molar-refractivity contribution in [2.24, 2.45) is 0 Å². The lowest BCUT2D eigenvalue weighted by atomic mass is 10.2. The minimum Gasteiger partial charge on any atom is -0.337 e. The van der Waals surface area contributed by atoms with Crippen LogP contribution in [0.2, 0.25) is 10.0 Å². The number of rotatable bonds is 3. The molecule has 126 valence electrons. The van der Waals surface area contributed by atoms with Crippen molar-refractivity contribution >= 4 is 29.1 Å². The number of hydrogen-bond donors (Lipinski definition) is 0. The molecule has 4 nitrogen and oxygen atoms in total. The highest BCUT2D eigenvalue weighted by molar-refractivity contribution is 6.43. The standard InChI is InChI=1S/C18H19Cl2N3O/c19-16-6-1-5-15(17(16)20)18(24)23-9-3-8-22(10-11-23)13-14-4-2-7-21-12-14/h1-2,4-7,12H,3,8-11,13H2. The maximum atomic E-state index is 12.7. The Morgan fingerprint density at radius 1 is 1.08 bits per heavy atom. The fraction of sp³-hybridized carbons (Fsp3) is 0.333. The summed E-state index contributed by atoms with van der Waals surface area (Å²) in [5.74, 6) is -0.0503. The molecule has 1 aromatic carbocycles. The smallest absolute Gasteiger partial charge is 0.255 e. The van der Waals surface area contributed by atoms with Crippen LogP contribution in [0.15, 0.2) is 42.7 Å². The molecule has 0 saturated carbocycles. The average Bonchev–Trinajstić information content (AvgIpc) is 2.83. The number of amides is 1. The molecule has 0 N–H and O–H groups in total. The van der Waals surface area contributed by atoms with Crippen molar-refractivity contribution in [2.45, 2.75) is 13.0 Å². The molecule has 2 aromatic rings. The molecule has 0 unspecified atom stereocenters. The molecule has 24 heavy (non-hydrogen) atoms. The van der Waals surface area contributed by atoms with E-state index in [1.165, 1.54) is 5.56 Å². The first-order valence-electron chi connectivity index (χ1n) is 7.99. The molecule has 1 amide bonds. The van der Waals surface area contributed by atoms with Gasteiger partial charge in [-0.25, -0.2) is 0 Å². The molecule has 1 aliphatic heterocycles. The molecule has 0 radical (unpaired) electrons. The van der Waals surface area contributed by atoms with Gasteiger partial charge in [-0.05, 0) is 30.2 Å². The molecule has 0 spiro atoms. The number of carbonyl (C=O) groups excluding carboxylic acids is 1. The van der Waals surface area contributed by atoms with Crippen molar-refractivity contribution in [3.63, 3.8) is 0 Å². The second kappa shape index (κ2) is 7.97. The van der Waals surface area contributed by atoms with E-state index in [2.05, 4.69) is 16.0 Å². The van der Waals surface area contributed by atoms with Crippen LogP contribution in [0.4, 0.5) is 0 Å². The minimum absolute atomic E-state index is 0.0503. The van der Waals surface area contributed by atoms with Gasteiger partial charge in [0.2, 0.25) is 0 Å². The van der Waals surface area contributed by atoms with E-state index >= 15 is 0 Å². The Balaban J connectivity index is 1.65. The monoisotopic (exact) mass is 363 g/mol. The molecule has 1 aromatic heterocycles. The van der Waals surface area contributed by atoms with Crippen LogP contribution in [0.3, 0.4) is 0 Å². The van der Waals surface area contributed by atoms with E-state index in [-0.39, 0.29) is 5.91 Å². The fourth-order valence-corrected chi connectivity index (χ4v) is 3.30. The summed E-state index contributed by atoms with van der Waals surface area (Å²) in [5, 5.41) is 0.746. The Labute approximate surface area is 152 Å². The van der Waals surface area contributed by atoms with Crippen molar-refractivity contribution in [1.29, 1.82) is 0 Å². The zero-order valence-electron chi connectivity index (χ0n) is 13.3. The Morgan fingerprint density at radius 2 is 1.96 bits per heavy atom. The van der Waals surface area contributed by atoms with Crippen LogP contribution in [-0.2, 0) is 6.54 Å². The molecule has 1 aliphatic rings. The largest absolute Gasteiger partial charge is 0.337 e. The van der Waals surface area contributed by atoms with Gasteiger partial charge in [0.25, 0.3) is 5.91 Å². The summed E-state index contributed by atoms with van der Waals surface area (Å²) in [6.07, 6.45) is 4.60. The van der Waals surface area contributed by atoms with Gasteiger partial charge < -0.3 is 4.90 Å². The fourth-order valence-electron chi connectivity index (χ4n) is 2.92. The van der Waals surface area contributed by atoms with Gasteiger partial charge >= 0.3 is 0 Å². The highest BCUT2D eigenvalue weighted by Gasteiger charge is 2.22. The molecule has 0 atom stereocenters. The number of halogens is 2. The summed E-state index contributed by atoms with van der Waals surface area (Å²) in [4.78, 5) is 21.1. The first-order valence-corrected chi connectivity index (χ1v) is 8.75. The Hall–Kier alpha value is -1.62. The van der Waals surface area contributed by atoms with Gasteiger partial charge in [-0.15, -0.1) is 0 Å². The summed E-state index contributed by atoms with van der Waals surface area (Å²) in [6, 6.07) is 9.21. The number of carbonyl (C=O) groups is 1. The second-order valence-corrected chi connectivity index (χ2v) is 6.67. The van der Waals surface area contributed by atoms with Gasteiger partial charge in [-0.1, -0.05) is 35.3 Å². The third-order valence-corrected chi connectivity index (χ3v) is 5.01. The maximum Gasteiger partial charge on any atom is 0.255 e. The van der Waals surface area contributed by atoms with Gasteiger partial charge in [0, 0.05) is 45.1 Å². The van der Waals surface area contributed by atoms with Crippen LogP contribution in [0, 0.1) is 0 Å². The van der Waals surface area contributed by atoms with Gasteiger partial charge in [0.15, 0.2) is 0 Å². The van der Waals surface area contributed by atoms with Crippen LogP contribution in [0.1, 0.15) is 22.3 Å². The average molecular weight is 364 g/mol. The number of benzene rings is 1. The van der Waals surface area contributed by atoms with Gasteiger partial charge in [0.1, 0.15) is 0 Å². The summed E-state index contributed by atoms with van der Waals surface area (Å²) >= 11 is 12.2. The van der Waals surface area contributed by atoms with Crippen molar-refractivity contribution < 1.29 is 4.79 Å². The van der Waals surface area contributed by atoms with E-state index in [1.807, 2.05) is 17.2 Å². The zero-order valence-corrected chi connectivity index (χ0v) is 14.8.